The minimum atomic E-state index is -0.240. The van der Waals surface area contributed by atoms with Crippen LogP contribution < -0.4 is 10.6 Å². The smallest absolute Gasteiger partial charge is 0.244 e. The van der Waals surface area contributed by atoms with E-state index in [2.05, 4.69) is 15.7 Å². The first-order valence-corrected chi connectivity index (χ1v) is 6.64. The summed E-state index contributed by atoms with van der Waals surface area (Å²) in [5, 5.41) is 9.68. The maximum absolute atomic E-state index is 11.6. The molecule has 0 spiro atoms. The van der Waals surface area contributed by atoms with Crippen LogP contribution in [0.1, 0.15) is 44.2 Å². The number of aromatic nitrogens is 2. The summed E-state index contributed by atoms with van der Waals surface area (Å²) in [7, 11) is 1.81. The lowest BCUT2D eigenvalue weighted by Crippen LogP contribution is -2.31. The molecular formula is C13H20N4O2. The lowest BCUT2D eigenvalue weighted by atomic mass is 10.0. The number of hydrogen-bond donors (Lipinski definition) is 2. The van der Waals surface area contributed by atoms with Crippen molar-refractivity contribution in [2.75, 3.05) is 11.9 Å². The first-order valence-electron chi connectivity index (χ1n) is 6.64. The molecule has 2 N–H and O–H groups in total. The molecule has 0 radical (unpaired) electrons. The third-order valence-corrected chi connectivity index (χ3v) is 3.44. The molecule has 0 aromatic carbocycles. The number of rotatable bonds is 4. The van der Waals surface area contributed by atoms with Crippen molar-refractivity contribution in [1.29, 1.82) is 0 Å². The lowest BCUT2D eigenvalue weighted by molar-refractivity contribution is -0.122. The second kappa shape index (κ2) is 5.86. The summed E-state index contributed by atoms with van der Waals surface area (Å²) < 4.78 is 1.68. The number of hydrogen-bond acceptors (Lipinski definition) is 3. The monoisotopic (exact) mass is 264 g/mol. The van der Waals surface area contributed by atoms with Crippen LogP contribution in [-0.4, -0.2) is 28.1 Å². The standard InChI is InChI=1S/C13H20N4O2/c1-9(18)14-8-13(19)15-12-7-11(16-17(12)2)10-5-3-4-6-10/h7,10H,3-6,8H2,1-2H3,(H,14,18)(H,15,19). The van der Waals surface area contributed by atoms with Crippen LogP contribution in [0.3, 0.4) is 0 Å². The molecule has 0 atom stereocenters. The molecule has 6 nitrogen and oxygen atoms in total. The van der Waals surface area contributed by atoms with Gasteiger partial charge in [-0.15, -0.1) is 0 Å². The van der Waals surface area contributed by atoms with Gasteiger partial charge in [0.15, 0.2) is 0 Å². The molecule has 104 valence electrons. The summed E-state index contributed by atoms with van der Waals surface area (Å²) in [5.74, 6) is 0.743. The van der Waals surface area contributed by atoms with Gasteiger partial charge < -0.3 is 10.6 Å². The largest absolute Gasteiger partial charge is 0.347 e. The number of nitrogens with one attached hydrogen (secondary N) is 2. The second-order valence-electron chi connectivity index (χ2n) is 5.02. The number of anilines is 1. The topological polar surface area (TPSA) is 76.0 Å². The fourth-order valence-electron chi connectivity index (χ4n) is 2.42. The molecule has 0 aliphatic heterocycles. The normalized spacial score (nSPS) is 15.5. The number of carbonyl (C=O) groups excluding carboxylic acids is 2. The van der Waals surface area contributed by atoms with Crippen molar-refractivity contribution in [3.05, 3.63) is 11.8 Å². The average Bonchev–Trinajstić information content (AvgIpc) is 2.97. The molecule has 0 bridgehead atoms. The molecule has 19 heavy (non-hydrogen) atoms. The Balaban J connectivity index is 1.96. The summed E-state index contributed by atoms with van der Waals surface area (Å²) in [4.78, 5) is 22.4. The van der Waals surface area contributed by atoms with Gasteiger partial charge in [0.1, 0.15) is 5.82 Å². The van der Waals surface area contributed by atoms with Crippen molar-refractivity contribution < 1.29 is 9.59 Å². The van der Waals surface area contributed by atoms with E-state index in [0.29, 0.717) is 11.7 Å². The van der Waals surface area contributed by atoms with Crippen LogP contribution in [0.15, 0.2) is 6.07 Å². The van der Waals surface area contributed by atoms with Crippen molar-refractivity contribution in [2.24, 2.45) is 7.05 Å². The predicted molar refractivity (Wildman–Crippen MR) is 71.7 cm³/mol. The van der Waals surface area contributed by atoms with E-state index in [0.717, 1.165) is 5.69 Å². The first-order chi connectivity index (χ1) is 9.06. The van der Waals surface area contributed by atoms with Gasteiger partial charge in [-0.3, -0.25) is 14.3 Å². The number of amides is 2. The Morgan fingerprint density at radius 1 is 1.42 bits per heavy atom. The van der Waals surface area contributed by atoms with Crippen LogP contribution in [0, 0.1) is 0 Å². The molecule has 1 aliphatic rings. The van der Waals surface area contributed by atoms with Gasteiger partial charge in [0.05, 0.1) is 12.2 Å². The fourth-order valence-corrected chi connectivity index (χ4v) is 2.42. The number of carbonyl (C=O) groups is 2. The third-order valence-electron chi connectivity index (χ3n) is 3.44. The van der Waals surface area contributed by atoms with Crippen LogP contribution in [0.25, 0.3) is 0 Å². The van der Waals surface area contributed by atoms with E-state index < -0.39 is 0 Å². The van der Waals surface area contributed by atoms with Crippen LogP contribution in [-0.2, 0) is 16.6 Å². The zero-order chi connectivity index (χ0) is 13.8. The first kappa shape index (κ1) is 13.6. The Kier molecular flexibility index (Phi) is 4.19. The van der Waals surface area contributed by atoms with Crippen molar-refractivity contribution in [1.82, 2.24) is 15.1 Å². The number of nitrogens with zero attached hydrogens (tertiary/aromatic N) is 2. The molecule has 6 heteroatoms. The molecule has 2 rings (SSSR count). The molecule has 1 saturated carbocycles. The molecule has 1 aromatic rings. The van der Waals surface area contributed by atoms with E-state index in [9.17, 15) is 9.59 Å². The molecule has 0 saturated heterocycles. The van der Waals surface area contributed by atoms with E-state index >= 15 is 0 Å². The van der Waals surface area contributed by atoms with E-state index in [1.807, 2.05) is 13.1 Å². The second-order valence-corrected chi connectivity index (χ2v) is 5.02. The molecule has 0 unspecified atom stereocenters. The minimum Gasteiger partial charge on any atom is -0.347 e. The summed E-state index contributed by atoms with van der Waals surface area (Å²) in [6.07, 6.45) is 4.86. The summed E-state index contributed by atoms with van der Waals surface area (Å²) in [5.41, 5.74) is 1.05. The molecule has 1 fully saturated rings. The Morgan fingerprint density at radius 3 is 2.74 bits per heavy atom. The quantitative estimate of drug-likeness (QED) is 0.856. The Bertz CT molecular complexity index is 475. The molecule has 1 aliphatic carbocycles. The summed E-state index contributed by atoms with van der Waals surface area (Å²) in [6.45, 7) is 1.37. The number of aryl methyl sites for hydroxylation is 1. The van der Waals surface area contributed by atoms with Gasteiger partial charge in [-0.2, -0.15) is 5.10 Å². The van der Waals surface area contributed by atoms with Gasteiger partial charge in [0.2, 0.25) is 11.8 Å². The van der Waals surface area contributed by atoms with E-state index in [1.54, 1.807) is 4.68 Å². The van der Waals surface area contributed by atoms with Gasteiger partial charge in [0.25, 0.3) is 0 Å². The van der Waals surface area contributed by atoms with Crippen LogP contribution in [0.2, 0.25) is 0 Å². The van der Waals surface area contributed by atoms with Crippen molar-refractivity contribution in [3.63, 3.8) is 0 Å². The highest BCUT2D eigenvalue weighted by Crippen LogP contribution is 2.34. The SMILES string of the molecule is CC(=O)NCC(=O)Nc1cc(C2CCCC2)nn1C. The van der Waals surface area contributed by atoms with Gasteiger partial charge in [0, 0.05) is 26.0 Å². The zero-order valence-electron chi connectivity index (χ0n) is 11.4. The Hall–Kier alpha value is -1.85. The lowest BCUT2D eigenvalue weighted by Gasteiger charge is -2.04. The third kappa shape index (κ3) is 3.56. The highest BCUT2D eigenvalue weighted by Gasteiger charge is 2.21. The maximum atomic E-state index is 11.6. The van der Waals surface area contributed by atoms with Gasteiger partial charge >= 0.3 is 0 Å². The minimum absolute atomic E-state index is 0.0146. The molecule has 2 amide bonds. The van der Waals surface area contributed by atoms with E-state index in [1.165, 1.54) is 32.6 Å². The van der Waals surface area contributed by atoms with E-state index in [4.69, 9.17) is 0 Å². The zero-order valence-corrected chi connectivity index (χ0v) is 11.4. The Morgan fingerprint density at radius 2 is 2.11 bits per heavy atom. The highest BCUT2D eigenvalue weighted by molar-refractivity contribution is 5.93. The van der Waals surface area contributed by atoms with Gasteiger partial charge in [-0.1, -0.05) is 12.8 Å². The predicted octanol–water partition coefficient (Wildman–Crippen LogP) is 1.15. The van der Waals surface area contributed by atoms with Crippen molar-refractivity contribution in [2.45, 2.75) is 38.5 Å². The van der Waals surface area contributed by atoms with Gasteiger partial charge in [-0.05, 0) is 12.8 Å². The molecule has 1 heterocycles. The van der Waals surface area contributed by atoms with Crippen LogP contribution >= 0.6 is 0 Å². The van der Waals surface area contributed by atoms with Crippen LogP contribution in [0.4, 0.5) is 5.82 Å². The molecular weight excluding hydrogens is 244 g/mol. The summed E-state index contributed by atoms with van der Waals surface area (Å²) in [6, 6.07) is 1.93. The van der Waals surface area contributed by atoms with Gasteiger partial charge in [-0.25, -0.2) is 0 Å². The maximum Gasteiger partial charge on any atom is 0.244 e. The average molecular weight is 264 g/mol. The molecule has 1 aromatic heterocycles. The van der Waals surface area contributed by atoms with E-state index in [-0.39, 0.29) is 18.4 Å². The van der Waals surface area contributed by atoms with Crippen molar-refractivity contribution >= 4 is 17.6 Å². The van der Waals surface area contributed by atoms with Crippen LogP contribution in [0.5, 0.6) is 0 Å². The van der Waals surface area contributed by atoms with Crippen molar-refractivity contribution in [3.8, 4) is 0 Å². The fraction of sp³-hybridized carbons (Fsp3) is 0.615. The highest BCUT2D eigenvalue weighted by atomic mass is 16.2. The Labute approximate surface area is 112 Å². The summed E-state index contributed by atoms with van der Waals surface area (Å²) >= 11 is 0.